The van der Waals surface area contributed by atoms with Crippen molar-refractivity contribution < 1.29 is 9.84 Å². The lowest BCUT2D eigenvalue weighted by Crippen LogP contribution is -2.19. The minimum absolute atomic E-state index is 0.0717. The van der Waals surface area contributed by atoms with Crippen molar-refractivity contribution in [3.05, 3.63) is 33.3 Å². The number of hydrogen-bond acceptors (Lipinski definition) is 3. The Morgan fingerprint density at radius 2 is 2.19 bits per heavy atom. The zero-order chi connectivity index (χ0) is 11.8. The van der Waals surface area contributed by atoms with E-state index in [1.165, 1.54) is 0 Å². The van der Waals surface area contributed by atoms with Crippen LogP contribution in [-0.4, -0.2) is 31.5 Å². The molecule has 5 heteroatoms. The van der Waals surface area contributed by atoms with Crippen LogP contribution in [0.5, 0.6) is 0 Å². The maximum absolute atomic E-state index is 8.49. The molecule has 2 N–H and O–H groups in total. The molecular formula is C11H15BrClNO2. The van der Waals surface area contributed by atoms with Gasteiger partial charge in [-0.05, 0) is 33.6 Å². The minimum Gasteiger partial charge on any atom is -0.394 e. The van der Waals surface area contributed by atoms with Gasteiger partial charge in [0.2, 0.25) is 0 Å². The van der Waals surface area contributed by atoms with Gasteiger partial charge in [0.15, 0.2) is 0 Å². The van der Waals surface area contributed by atoms with E-state index in [2.05, 4.69) is 21.2 Å². The Morgan fingerprint density at radius 3 is 2.88 bits per heavy atom. The lowest BCUT2D eigenvalue weighted by Gasteiger charge is -2.06. The topological polar surface area (TPSA) is 41.5 Å². The van der Waals surface area contributed by atoms with E-state index >= 15 is 0 Å². The van der Waals surface area contributed by atoms with Crippen molar-refractivity contribution in [1.29, 1.82) is 0 Å². The van der Waals surface area contributed by atoms with Crippen molar-refractivity contribution in [1.82, 2.24) is 5.32 Å². The summed E-state index contributed by atoms with van der Waals surface area (Å²) in [7, 11) is 0. The standard InChI is InChI=1S/C11H15BrClNO2/c12-10-2-1-9(7-11(10)13)8-14-3-5-16-6-4-15/h1-2,7,14-15H,3-6,8H2. The van der Waals surface area contributed by atoms with E-state index in [0.717, 1.165) is 28.1 Å². The summed E-state index contributed by atoms with van der Waals surface area (Å²) in [6.07, 6.45) is 0. The highest BCUT2D eigenvalue weighted by atomic mass is 79.9. The van der Waals surface area contributed by atoms with Gasteiger partial charge in [0, 0.05) is 17.6 Å². The van der Waals surface area contributed by atoms with Gasteiger partial charge in [-0.25, -0.2) is 0 Å². The molecule has 0 aliphatic heterocycles. The molecule has 0 unspecified atom stereocenters. The normalized spacial score (nSPS) is 10.7. The fraction of sp³-hybridized carbons (Fsp3) is 0.455. The molecule has 0 fully saturated rings. The van der Waals surface area contributed by atoms with Crippen LogP contribution < -0.4 is 5.32 Å². The summed E-state index contributed by atoms with van der Waals surface area (Å²) in [5, 5.41) is 12.4. The molecular weight excluding hydrogens is 293 g/mol. The Bertz CT molecular complexity index is 323. The number of ether oxygens (including phenoxy) is 1. The Morgan fingerprint density at radius 1 is 1.38 bits per heavy atom. The first kappa shape index (κ1) is 13.9. The predicted octanol–water partition coefficient (Wildman–Crippen LogP) is 2.20. The van der Waals surface area contributed by atoms with E-state index in [1.54, 1.807) is 0 Å². The van der Waals surface area contributed by atoms with Gasteiger partial charge in [-0.15, -0.1) is 0 Å². The molecule has 0 aromatic heterocycles. The first-order valence-electron chi connectivity index (χ1n) is 5.07. The second kappa shape index (κ2) is 8.03. The van der Waals surface area contributed by atoms with E-state index < -0.39 is 0 Å². The van der Waals surface area contributed by atoms with Crippen LogP contribution in [0.2, 0.25) is 5.02 Å². The SMILES string of the molecule is OCCOCCNCc1ccc(Br)c(Cl)c1. The fourth-order valence-electron chi connectivity index (χ4n) is 1.19. The molecule has 0 saturated heterocycles. The molecule has 1 aromatic carbocycles. The molecule has 90 valence electrons. The van der Waals surface area contributed by atoms with Crippen LogP contribution in [0.3, 0.4) is 0 Å². The first-order valence-corrected chi connectivity index (χ1v) is 6.24. The minimum atomic E-state index is 0.0717. The highest BCUT2D eigenvalue weighted by Gasteiger charge is 1.98. The van der Waals surface area contributed by atoms with E-state index in [1.807, 2.05) is 18.2 Å². The van der Waals surface area contributed by atoms with E-state index in [-0.39, 0.29) is 6.61 Å². The van der Waals surface area contributed by atoms with Crippen LogP contribution in [-0.2, 0) is 11.3 Å². The molecule has 0 heterocycles. The van der Waals surface area contributed by atoms with Crippen LogP contribution in [0.1, 0.15) is 5.56 Å². The molecule has 1 aromatic rings. The Balaban J connectivity index is 2.19. The molecule has 1 rings (SSSR count). The molecule has 0 saturated carbocycles. The van der Waals surface area contributed by atoms with Crippen LogP contribution in [0.25, 0.3) is 0 Å². The van der Waals surface area contributed by atoms with Crippen LogP contribution in [0, 0.1) is 0 Å². The van der Waals surface area contributed by atoms with Gasteiger partial charge in [0.05, 0.1) is 24.8 Å². The monoisotopic (exact) mass is 307 g/mol. The van der Waals surface area contributed by atoms with Gasteiger partial charge >= 0.3 is 0 Å². The Kier molecular flexibility index (Phi) is 7.00. The van der Waals surface area contributed by atoms with Crippen LogP contribution in [0.15, 0.2) is 22.7 Å². The largest absolute Gasteiger partial charge is 0.394 e. The quantitative estimate of drug-likeness (QED) is 0.759. The van der Waals surface area contributed by atoms with Crippen LogP contribution in [0.4, 0.5) is 0 Å². The molecule has 16 heavy (non-hydrogen) atoms. The van der Waals surface area contributed by atoms with Crippen molar-refractivity contribution in [3.63, 3.8) is 0 Å². The Labute approximate surface area is 109 Å². The number of aliphatic hydroxyl groups excluding tert-OH is 1. The number of aliphatic hydroxyl groups is 1. The summed E-state index contributed by atoms with van der Waals surface area (Å²) in [4.78, 5) is 0. The van der Waals surface area contributed by atoms with Gasteiger partial charge in [-0.3, -0.25) is 0 Å². The van der Waals surface area contributed by atoms with Crippen molar-refractivity contribution in [2.75, 3.05) is 26.4 Å². The van der Waals surface area contributed by atoms with Crippen molar-refractivity contribution >= 4 is 27.5 Å². The van der Waals surface area contributed by atoms with Gasteiger partial charge in [-0.1, -0.05) is 17.7 Å². The summed E-state index contributed by atoms with van der Waals surface area (Å²) < 4.78 is 6.02. The summed E-state index contributed by atoms with van der Waals surface area (Å²) in [6, 6.07) is 5.87. The fourth-order valence-corrected chi connectivity index (χ4v) is 1.64. The lowest BCUT2D eigenvalue weighted by atomic mass is 10.2. The number of halogens is 2. The maximum Gasteiger partial charge on any atom is 0.0698 e. The zero-order valence-corrected chi connectivity index (χ0v) is 11.2. The van der Waals surface area contributed by atoms with Crippen molar-refractivity contribution in [2.24, 2.45) is 0 Å². The molecule has 0 spiro atoms. The molecule has 0 aliphatic rings. The highest BCUT2D eigenvalue weighted by molar-refractivity contribution is 9.10. The number of hydrogen-bond donors (Lipinski definition) is 2. The average Bonchev–Trinajstić information content (AvgIpc) is 2.28. The second-order valence-corrected chi connectivity index (χ2v) is 4.52. The summed E-state index contributed by atoms with van der Waals surface area (Å²) >= 11 is 9.31. The van der Waals surface area contributed by atoms with E-state index in [4.69, 9.17) is 21.4 Å². The van der Waals surface area contributed by atoms with Crippen molar-refractivity contribution in [3.8, 4) is 0 Å². The summed E-state index contributed by atoms with van der Waals surface area (Å²) in [5.74, 6) is 0. The molecule has 0 amide bonds. The van der Waals surface area contributed by atoms with Gasteiger partial charge < -0.3 is 15.2 Å². The third kappa shape index (κ3) is 5.27. The molecule has 0 aliphatic carbocycles. The number of benzene rings is 1. The summed E-state index contributed by atoms with van der Waals surface area (Å²) in [5.41, 5.74) is 1.13. The summed E-state index contributed by atoms with van der Waals surface area (Å²) in [6.45, 7) is 2.59. The van der Waals surface area contributed by atoms with Crippen LogP contribution >= 0.6 is 27.5 Å². The van der Waals surface area contributed by atoms with Gasteiger partial charge in [0.1, 0.15) is 0 Å². The molecule has 3 nitrogen and oxygen atoms in total. The highest BCUT2D eigenvalue weighted by Crippen LogP contribution is 2.22. The smallest absolute Gasteiger partial charge is 0.0698 e. The zero-order valence-electron chi connectivity index (χ0n) is 8.88. The molecule has 0 bridgehead atoms. The van der Waals surface area contributed by atoms with Crippen molar-refractivity contribution in [2.45, 2.75) is 6.54 Å². The molecule has 0 atom stereocenters. The van der Waals surface area contributed by atoms with E-state index in [0.29, 0.717) is 13.2 Å². The lowest BCUT2D eigenvalue weighted by molar-refractivity contribution is 0.0938. The van der Waals surface area contributed by atoms with Gasteiger partial charge in [-0.2, -0.15) is 0 Å². The second-order valence-electron chi connectivity index (χ2n) is 3.26. The average molecular weight is 309 g/mol. The van der Waals surface area contributed by atoms with E-state index in [9.17, 15) is 0 Å². The maximum atomic E-state index is 8.49. The third-order valence-corrected chi connectivity index (χ3v) is 3.20. The third-order valence-electron chi connectivity index (χ3n) is 1.97. The predicted molar refractivity (Wildman–Crippen MR) is 68.8 cm³/mol. The number of nitrogens with one attached hydrogen (secondary N) is 1. The Hall–Kier alpha value is -0.130. The first-order chi connectivity index (χ1) is 7.74. The molecule has 0 radical (unpaired) electrons. The number of rotatable bonds is 7. The van der Waals surface area contributed by atoms with Gasteiger partial charge in [0.25, 0.3) is 0 Å².